The van der Waals surface area contributed by atoms with Gasteiger partial charge in [0.25, 0.3) is 0 Å². The van der Waals surface area contributed by atoms with Gasteiger partial charge in [0.05, 0.1) is 10.5 Å². The molecule has 2 aromatic carbocycles. The minimum Gasteiger partial charge on any atom is -0.252 e. The van der Waals surface area contributed by atoms with Gasteiger partial charge in [-0.1, -0.05) is 60.1 Å². The quantitative estimate of drug-likeness (QED) is 0.650. The molecule has 4 rings (SSSR count). The minimum atomic E-state index is 0.903. The van der Waals surface area contributed by atoms with E-state index in [4.69, 9.17) is 16.6 Å². The Labute approximate surface area is 129 Å². The molecule has 0 unspecified atom stereocenters. The third-order valence-corrected chi connectivity index (χ3v) is 4.73. The second-order valence-electron chi connectivity index (χ2n) is 5.68. The number of hydrogen-bond acceptors (Lipinski definition) is 1. The molecule has 3 aromatic rings. The Morgan fingerprint density at radius 1 is 0.952 bits per heavy atom. The van der Waals surface area contributed by atoms with E-state index in [2.05, 4.69) is 48.5 Å². The second-order valence-corrected chi connectivity index (χ2v) is 6.06. The third-order valence-electron chi connectivity index (χ3n) is 4.29. The zero-order valence-electron chi connectivity index (χ0n) is 11.8. The van der Waals surface area contributed by atoms with Gasteiger partial charge in [0.15, 0.2) is 0 Å². The van der Waals surface area contributed by atoms with E-state index in [9.17, 15) is 0 Å². The van der Waals surface area contributed by atoms with Gasteiger partial charge >= 0.3 is 0 Å². The van der Waals surface area contributed by atoms with Crippen LogP contribution in [0.2, 0.25) is 5.02 Å². The van der Waals surface area contributed by atoms with E-state index in [1.54, 1.807) is 0 Å². The van der Waals surface area contributed by atoms with Crippen molar-refractivity contribution in [2.75, 3.05) is 0 Å². The topological polar surface area (TPSA) is 12.9 Å². The molecule has 104 valence electrons. The summed E-state index contributed by atoms with van der Waals surface area (Å²) in [4.78, 5) is 4.93. The Balaban J connectivity index is 1.88. The Morgan fingerprint density at radius 2 is 1.81 bits per heavy atom. The maximum atomic E-state index is 6.62. The van der Waals surface area contributed by atoms with E-state index >= 15 is 0 Å². The van der Waals surface area contributed by atoms with Crippen molar-refractivity contribution in [3.8, 4) is 0 Å². The van der Waals surface area contributed by atoms with Crippen LogP contribution in [-0.2, 0) is 19.3 Å². The lowest BCUT2D eigenvalue weighted by Crippen LogP contribution is -1.97. The summed E-state index contributed by atoms with van der Waals surface area (Å²) >= 11 is 6.62. The van der Waals surface area contributed by atoms with Crippen LogP contribution in [-0.4, -0.2) is 4.98 Å². The predicted molar refractivity (Wildman–Crippen MR) is 88.0 cm³/mol. The maximum Gasteiger partial charge on any atom is 0.0755 e. The number of fused-ring (bicyclic) bond motifs is 2. The molecular formula is C19H16ClN. The van der Waals surface area contributed by atoms with Crippen molar-refractivity contribution >= 4 is 22.5 Å². The van der Waals surface area contributed by atoms with E-state index in [0.29, 0.717) is 0 Å². The van der Waals surface area contributed by atoms with Crippen molar-refractivity contribution < 1.29 is 0 Å². The lowest BCUT2D eigenvalue weighted by Gasteiger charge is -2.11. The molecule has 0 N–H and O–H groups in total. The Kier molecular flexibility index (Phi) is 3.16. The molecule has 0 aliphatic heterocycles. The van der Waals surface area contributed by atoms with Crippen molar-refractivity contribution in [3.63, 3.8) is 0 Å². The smallest absolute Gasteiger partial charge is 0.0755 e. The summed E-state index contributed by atoms with van der Waals surface area (Å²) in [6.07, 6.45) is 4.21. The molecule has 0 saturated carbocycles. The number of benzene rings is 2. The average molecular weight is 294 g/mol. The van der Waals surface area contributed by atoms with Crippen molar-refractivity contribution in [2.45, 2.75) is 25.7 Å². The van der Waals surface area contributed by atoms with Crippen LogP contribution in [0.4, 0.5) is 0 Å². The first kappa shape index (κ1) is 12.8. The molecule has 2 heteroatoms. The normalized spacial score (nSPS) is 13.6. The first-order valence-electron chi connectivity index (χ1n) is 7.46. The van der Waals surface area contributed by atoms with Gasteiger partial charge in [-0.25, -0.2) is 0 Å². The molecule has 1 nitrogen and oxygen atoms in total. The lowest BCUT2D eigenvalue weighted by molar-refractivity contribution is 0.901. The van der Waals surface area contributed by atoms with Gasteiger partial charge < -0.3 is 0 Å². The summed E-state index contributed by atoms with van der Waals surface area (Å²) in [7, 11) is 0. The van der Waals surface area contributed by atoms with Crippen LogP contribution >= 0.6 is 11.6 Å². The molecule has 0 fully saturated rings. The fourth-order valence-corrected chi connectivity index (χ4v) is 3.60. The number of hydrogen-bond donors (Lipinski definition) is 0. The van der Waals surface area contributed by atoms with Gasteiger partial charge in [0.1, 0.15) is 0 Å². The maximum absolute atomic E-state index is 6.62. The minimum absolute atomic E-state index is 0.903. The summed E-state index contributed by atoms with van der Waals surface area (Å²) < 4.78 is 0. The molecule has 0 radical (unpaired) electrons. The van der Waals surface area contributed by atoms with E-state index in [1.165, 1.54) is 28.8 Å². The van der Waals surface area contributed by atoms with Crippen molar-refractivity contribution in [1.82, 2.24) is 4.98 Å². The molecule has 0 atom stereocenters. The van der Waals surface area contributed by atoms with Gasteiger partial charge in [-0.2, -0.15) is 0 Å². The Bertz CT molecular complexity index is 809. The summed E-state index contributed by atoms with van der Waals surface area (Å²) in [6.45, 7) is 0. The van der Waals surface area contributed by atoms with Crippen LogP contribution in [0, 0.1) is 0 Å². The highest BCUT2D eigenvalue weighted by Gasteiger charge is 2.19. The molecule has 0 saturated heterocycles. The fourth-order valence-electron chi connectivity index (χ4n) is 3.24. The van der Waals surface area contributed by atoms with Crippen LogP contribution in [0.15, 0.2) is 48.5 Å². The van der Waals surface area contributed by atoms with Gasteiger partial charge in [-0.15, -0.1) is 0 Å². The van der Waals surface area contributed by atoms with Crippen LogP contribution in [0.3, 0.4) is 0 Å². The molecule has 1 heterocycles. The number of aromatic nitrogens is 1. The van der Waals surface area contributed by atoms with Crippen LogP contribution in [0.1, 0.15) is 28.8 Å². The lowest BCUT2D eigenvalue weighted by atomic mass is 10.0. The molecule has 1 aliphatic carbocycles. The number of halogens is 1. The number of pyridine rings is 1. The molecule has 1 aliphatic rings. The first-order valence-corrected chi connectivity index (χ1v) is 7.83. The highest BCUT2D eigenvalue weighted by molar-refractivity contribution is 6.36. The van der Waals surface area contributed by atoms with Crippen LogP contribution in [0.5, 0.6) is 0 Å². The highest BCUT2D eigenvalue weighted by atomic mass is 35.5. The van der Waals surface area contributed by atoms with Gasteiger partial charge in [0.2, 0.25) is 0 Å². The molecule has 0 amide bonds. The van der Waals surface area contributed by atoms with Crippen molar-refractivity contribution in [1.29, 1.82) is 0 Å². The first-order chi connectivity index (χ1) is 10.3. The number of nitrogens with zero attached hydrogens (tertiary/aromatic N) is 1. The van der Waals surface area contributed by atoms with E-state index in [0.717, 1.165) is 35.2 Å². The molecule has 1 aromatic heterocycles. The summed E-state index contributed by atoms with van der Waals surface area (Å²) in [6, 6.07) is 16.9. The highest BCUT2D eigenvalue weighted by Crippen LogP contribution is 2.35. The van der Waals surface area contributed by atoms with Gasteiger partial charge in [-0.3, -0.25) is 4.98 Å². The summed E-state index contributed by atoms with van der Waals surface area (Å²) in [5, 5.41) is 2.02. The number of aryl methyl sites for hydroxylation is 1. The standard InChI is InChI=1S/C19H16ClN/c20-18-15-9-5-11-17(15)21-19-14(8-4-10-16(18)19)12-13-6-2-1-3-7-13/h1-4,6-8,10H,5,9,11-12H2. The SMILES string of the molecule is Clc1c2c(nc3c(Cc4ccccc4)cccc13)CCC2. The van der Waals surface area contributed by atoms with E-state index in [-0.39, 0.29) is 0 Å². The summed E-state index contributed by atoms with van der Waals surface area (Å²) in [5.74, 6) is 0. The molecular weight excluding hydrogens is 278 g/mol. The van der Waals surface area contributed by atoms with E-state index < -0.39 is 0 Å². The zero-order chi connectivity index (χ0) is 14.2. The monoisotopic (exact) mass is 293 g/mol. The van der Waals surface area contributed by atoms with Crippen LogP contribution in [0.25, 0.3) is 10.9 Å². The Hall–Kier alpha value is -1.86. The predicted octanol–water partition coefficient (Wildman–Crippen LogP) is 4.97. The Morgan fingerprint density at radius 3 is 2.67 bits per heavy atom. The van der Waals surface area contributed by atoms with Crippen molar-refractivity contribution in [3.05, 3.63) is 75.9 Å². The molecule has 0 spiro atoms. The number of rotatable bonds is 2. The van der Waals surface area contributed by atoms with Crippen LogP contribution < -0.4 is 0 Å². The summed E-state index contributed by atoms with van der Waals surface area (Å²) in [5.41, 5.74) is 6.11. The number of para-hydroxylation sites is 1. The fraction of sp³-hybridized carbons (Fsp3) is 0.211. The van der Waals surface area contributed by atoms with Gasteiger partial charge in [0, 0.05) is 11.1 Å². The third kappa shape index (κ3) is 2.22. The molecule has 21 heavy (non-hydrogen) atoms. The van der Waals surface area contributed by atoms with Gasteiger partial charge in [-0.05, 0) is 42.4 Å². The van der Waals surface area contributed by atoms with E-state index in [1.807, 2.05) is 0 Å². The molecule has 0 bridgehead atoms. The average Bonchev–Trinajstić information content (AvgIpc) is 2.98. The second kappa shape index (κ2) is 5.16. The zero-order valence-corrected chi connectivity index (χ0v) is 12.5. The largest absolute Gasteiger partial charge is 0.252 e. The van der Waals surface area contributed by atoms with Crippen molar-refractivity contribution in [2.24, 2.45) is 0 Å².